The van der Waals surface area contributed by atoms with E-state index in [1.165, 1.54) is 0 Å². The van der Waals surface area contributed by atoms with Crippen molar-refractivity contribution in [1.29, 1.82) is 0 Å². The maximum absolute atomic E-state index is 5.34. The van der Waals surface area contributed by atoms with Gasteiger partial charge in [0.05, 0.1) is 0 Å². The van der Waals surface area contributed by atoms with E-state index in [0.717, 1.165) is 6.42 Å². The van der Waals surface area contributed by atoms with Crippen LogP contribution in [0.4, 0.5) is 0 Å². The van der Waals surface area contributed by atoms with E-state index >= 15 is 0 Å². The van der Waals surface area contributed by atoms with Crippen molar-refractivity contribution >= 4 is 0 Å². The van der Waals surface area contributed by atoms with Gasteiger partial charge in [0.1, 0.15) is 0 Å². The SMILES string of the molecule is CCC(C(C)(C)C)C1(C(C)(C)C)OO1. The summed E-state index contributed by atoms with van der Waals surface area (Å²) in [5, 5.41) is 0. The van der Waals surface area contributed by atoms with Crippen LogP contribution in [-0.2, 0) is 9.78 Å². The number of rotatable bonds is 2. The van der Waals surface area contributed by atoms with Crippen LogP contribution in [0.2, 0.25) is 0 Å². The third-order valence-corrected chi connectivity index (χ3v) is 3.22. The monoisotopic (exact) mass is 200 g/mol. The van der Waals surface area contributed by atoms with Crippen LogP contribution in [0.5, 0.6) is 0 Å². The Bertz CT molecular complexity index is 203. The van der Waals surface area contributed by atoms with Gasteiger partial charge in [-0.15, -0.1) is 0 Å². The summed E-state index contributed by atoms with van der Waals surface area (Å²) < 4.78 is 0. The molecule has 1 aliphatic rings. The minimum Gasteiger partial charge on any atom is -0.194 e. The molecule has 1 fully saturated rings. The molecule has 0 aromatic carbocycles. The largest absolute Gasteiger partial charge is 0.242 e. The van der Waals surface area contributed by atoms with Crippen LogP contribution < -0.4 is 0 Å². The van der Waals surface area contributed by atoms with Gasteiger partial charge in [-0.2, -0.15) is 9.78 Å². The normalized spacial score (nSPS) is 23.4. The molecule has 1 saturated heterocycles. The molecule has 0 bridgehead atoms. The molecule has 1 rings (SSSR count). The van der Waals surface area contributed by atoms with E-state index in [0.29, 0.717) is 5.92 Å². The van der Waals surface area contributed by atoms with E-state index < -0.39 is 0 Å². The van der Waals surface area contributed by atoms with Gasteiger partial charge in [0.25, 0.3) is 0 Å². The van der Waals surface area contributed by atoms with Crippen LogP contribution in [0, 0.1) is 16.7 Å². The Kier molecular flexibility index (Phi) is 2.75. The van der Waals surface area contributed by atoms with Crippen molar-refractivity contribution in [2.45, 2.75) is 60.7 Å². The fourth-order valence-electron chi connectivity index (χ4n) is 2.38. The van der Waals surface area contributed by atoms with Gasteiger partial charge in [-0.3, -0.25) is 0 Å². The second kappa shape index (κ2) is 3.21. The van der Waals surface area contributed by atoms with Crippen LogP contribution in [-0.4, -0.2) is 5.79 Å². The van der Waals surface area contributed by atoms with Gasteiger partial charge < -0.3 is 0 Å². The minimum atomic E-state index is -0.361. The first-order valence-corrected chi connectivity index (χ1v) is 5.52. The Hall–Kier alpha value is -0.0800. The summed E-state index contributed by atoms with van der Waals surface area (Å²) in [7, 11) is 0. The van der Waals surface area contributed by atoms with Crippen LogP contribution in [0.1, 0.15) is 54.9 Å². The molecule has 0 aliphatic carbocycles. The molecule has 0 aromatic heterocycles. The molecule has 0 saturated carbocycles. The third kappa shape index (κ3) is 1.82. The maximum Gasteiger partial charge on any atom is 0.242 e. The van der Waals surface area contributed by atoms with Crippen molar-refractivity contribution in [1.82, 2.24) is 0 Å². The first-order chi connectivity index (χ1) is 6.15. The summed E-state index contributed by atoms with van der Waals surface area (Å²) in [6.45, 7) is 15.5. The number of hydrogen-bond donors (Lipinski definition) is 0. The van der Waals surface area contributed by atoms with Crippen LogP contribution in [0.15, 0.2) is 0 Å². The van der Waals surface area contributed by atoms with E-state index in [9.17, 15) is 0 Å². The maximum atomic E-state index is 5.34. The van der Waals surface area contributed by atoms with Crippen molar-refractivity contribution in [3.05, 3.63) is 0 Å². The average Bonchev–Trinajstić information content (AvgIpc) is 2.64. The van der Waals surface area contributed by atoms with Crippen LogP contribution in [0.25, 0.3) is 0 Å². The molecule has 14 heavy (non-hydrogen) atoms. The Morgan fingerprint density at radius 3 is 1.50 bits per heavy atom. The topological polar surface area (TPSA) is 25.1 Å². The van der Waals surface area contributed by atoms with Gasteiger partial charge in [0.2, 0.25) is 5.79 Å². The van der Waals surface area contributed by atoms with Crippen molar-refractivity contribution < 1.29 is 9.78 Å². The average molecular weight is 200 g/mol. The molecule has 0 aromatic rings. The summed E-state index contributed by atoms with van der Waals surface area (Å²) >= 11 is 0. The van der Waals surface area contributed by atoms with Gasteiger partial charge in [-0.05, 0) is 11.8 Å². The highest BCUT2D eigenvalue weighted by Crippen LogP contribution is 2.56. The third-order valence-electron chi connectivity index (χ3n) is 3.22. The smallest absolute Gasteiger partial charge is 0.194 e. The lowest BCUT2D eigenvalue weighted by molar-refractivity contribution is 0.0226. The lowest BCUT2D eigenvalue weighted by Gasteiger charge is -2.37. The second-order valence-electron chi connectivity index (χ2n) is 6.41. The Balaban J connectivity index is 2.91. The molecule has 1 atom stereocenters. The van der Waals surface area contributed by atoms with Crippen molar-refractivity contribution in [3.63, 3.8) is 0 Å². The molecular formula is C12H24O2. The van der Waals surface area contributed by atoms with E-state index in [1.54, 1.807) is 0 Å². The first-order valence-electron chi connectivity index (χ1n) is 5.52. The molecular weight excluding hydrogens is 176 g/mol. The quantitative estimate of drug-likeness (QED) is 0.501. The predicted molar refractivity (Wildman–Crippen MR) is 57.6 cm³/mol. The molecule has 2 heteroatoms. The molecule has 1 unspecified atom stereocenters. The summed E-state index contributed by atoms with van der Waals surface area (Å²) in [6, 6.07) is 0. The highest BCUT2D eigenvalue weighted by Gasteiger charge is 2.65. The standard InChI is InChI=1S/C12H24O2/c1-8-9(10(2,3)4)12(13-14-12)11(5,6)7/h9H,8H2,1-7H3. The summed E-state index contributed by atoms with van der Waals surface area (Å²) in [5.41, 5.74) is 0.263. The van der Waals surface area contributed by atoms with Gasteiger partial charge >= 0.3 is 0 Å². The predicted octanol–water partition coefficient (Wildman–Crippen LogP) is 3.76. The molecule has 84 valence electrons. The van der Waals surface area contributed by atoms with E-state index in [-0.39, 0.29) is 16.6 Å². The van der Waals surface area contributed by atoms with Crippen LogP contribution in [0.3, 0.4) is 0 Å². The highest BCUT2D eigenvalue weighted by atomic mass is 17.4. The lowest BCUT2D eigenvalue weighted by atomic mass is 9.67. The van der Waals surface area contributed by atoms with Crippen LogP contribution >= 0.6 is 0 Å². The molecule has 0 N–H and O–H groups in total. The molecule has 1 heterocycles. The zero-order chi connectivity index (χ0) is 11.2. The molecule has 0 amide bonds. The molecule has 0 radical (unpaired) electrons. The Morgan fingerprint density at radius 1 is 1.00 bits per heavy atom. The van der Waals surface area contributed by atoms with E-state index in [2.05, 4.69) is 48.5 Å². The van der Waals surface area contributed by atoms with Crippen molar-refractivity contribution in [2.75, 3.05) is 0 Å². The molecule has 0 spiro atoms. The van der Waals surface area contributed by atoms with Gasteiger partial charge in [-0.1, -0.05) is 48.5 Å². The molecule has 1 aliphatic heterocycles. The second-order valence-corrected chi connectivity index (χ2v) is 6.41. The van der Waals surface area contributed by atoms with Gasteiger partial charge in [-0.25, -0.2) is 0 Å². The number of hydrogen-bond acceptors (Lipinski definition) is 2. The minimum absolute atomic E-state index is 0.0426. The molecule has 2 nitrogen and oxygen atoms in total. The fourth-order valence-corrected chi connectivity index (χ4v) is 2.38. The zero-order valence-corrected chi connectivity index (χ0v) is 10.6. The van der Waals surface area contributed by atoms with E-state index in [4.69, 9.17) is 9.78 Å². The van der Waals surface area contributed by atoms with E-state index in [1.807, 2.05) is 0 Å². The summed E-state index contributed by atoms with van der Waals surface area (Å²) in [4.78, 5) is 10.7. The Morgan fingerprint density at radius 2 is 1.43 bits per heavy atom. The van der Waals surface area contributed by atoms with Crippen molar-refractivity contribution in [2.24, 2.45) is 16.7 Å². The van der Waals surface area contributed by atoms with Crippen molar-refractivity contribution in [3.8, 4) is 0 Å². The van der Waals surface area contributed by atoms with Gasteiger partial charge in [0, 0.05) is 11.3 Å². The Labute approximate surface area is 87.9 Å². The lowest BCUT2D eigenvalue weighted by Crippen LogP contribution is -2.43. The summed E-state index contributed by atoms with van der Waals surface area (Å²) in [5.74, 6) is 0.0787. The fraction of sp³-hybridized carbons (Fsp3) is 1.00. The zero-order valence-electron chi connectivity index (χ0n) is 10.6. The summed E-state index contributed by atoms with van der Waals surface area (Å²) in [6.07, 6.45) is 1.08. The van der Waals surface area contributed by atoms with Gasteiger partial charge in [0.15, 0.2) is 0 Å². The highest BCUT2D eigenvalue weighted by molar-refractivity contribution is 4.97. The first kappa shape index (κ1) is 12.0.